The van der Waals surface area contributed by atoms with Gasteiger partial charge in [-0.1, -0.05) is 50.7 Å². The molecule has 0 aliphatic heterocycles. The molecular formula is C22H24N4OS2. The third kappa shape index (κ3) is 2.86. The van der Waals surface area contributed by atoms with Crippen LogP contribution < -0.4 is 5.56 Å². The van der Waals surface area contributed by atoms with Gasteiger partial charge in [0.2, 0.25) is 5.78 Å². The van der Waals surface area contributed by atoms with Crippen LogP contribution in [0.3, 0.4) is 0 Å². The lowest BCUT2D eigenvalue weighted by Gasteiger charge is -2.33. The summed E-state index contributed by atoms with van der Waals surface area (Å²) in [6, 6.07) is 9.77. The maximum absolute atomic E-state index is 13.7. The van der Waals surface area contributed by atoms with Crippen LogP contribution in [0.4, 0.5) is 0 Å². The summed E-state index contributed by atoms with van der Waals surface area (Å²) in [7, 11) is 0. The van der Waals surface area contributed by atoms with E-state index in [1.807, 2.05) is 36.6 Å². The molecule has 0 amide bonds. The van der Waals surface area contributed by atoms with Gasteiger partial charge in [0, 0.05) is 4.88 Å². The van der Waals surface area contributed by atoms with E-state index < -0.39 is 0 Å². The number of benzene rings is 1. The second-order valence-corrected chi connectivity index (χ2v) is 10.6. The number of nitrogens with zero attached hydrogens (tertiary/aromatic N) is 4. The molecule has 0 bridgehead atoms. The zero-order valence-corrected chi connectivity index (χ0v) is 18.7. The van der Waals surface area contributed by atoms with Gasteiger partial charge in [0.1, 0.15) is 4.83 Å². The number of thioether (sulfide) groups is 1. The molecule has 5 rings (SSSR count). The summed E-state index contributed by atoms with van der Waals surface area (Å²) in [5.74, 6) is 1.22. The number of hydrogen-bond acceptors (Lipinski definition) is 5. The Kier molecular flexibility index (Phi) is 4.37. The molecule has 29 heavy (non-hydrogen) atoms. The molecule has 3 aromatic heterocycles. The van der Waals surface area contributed by atoms with E-state index in [9.17, 15) is 4.79 Å². The first-order valence-electron chi connectivity index (χ1n) is 9.94. The normalized spacial score (nSPS) is 17.2. The van der Waals surface area contributed by atoms with Crippen LogP contribution in [0.25, 0.3) is 21.7 Å². The van der Waals surface area contributed by atoms with Crippen LogP contribution in [0, 0.1) is 11.3 Å². The highest BCUT2D eigenvalue weighted by Gasteiger charge is 2.33. The average molecular weight is 425 g/mol. The molecule has 1 aliphatic carbocycles. The number of thiophene rings is 1. The molecule has 0 radical (unpaired) electrons. The van der Waals surface area contributed by atoms with Gasteiger partial charge >= 0.3 is 0 Å². The molecule has 0 N–H and O–H groups in total. The van der Waals surface area contributed by atoms with Crippen molar-refractivity contribution >= 4 is 39.1 Å². The van der Waals surface area contributed by atoms with Crippen LogP contribution >= 0.6 is 23.1 Å². The van der Waals surface area contributed by atoms with E-state index in [2.05, 4.69) is 35.4 Å². The summed E-state index contributed by atoms with van der Waals surface area (Å²) in [4.78, 5) is 16.1. The summed E-state index contributed by atoms with van der Waals surface area (Å²) in [6.45, 7) is 6.96. The minimum atomic E-state index is 0.0189. The van der Waals surface area contributed by atoms with Gasteiger partial charge in [-0.05, 0) is 54.5 Å². The van der Waals surface area contributed by atoms with E-state index in [1.54, 1.807) is 27.7 Å². The molecule has 0 fully saturated rings. The Morgan fingerprint density at radius 2 is 1.93 bits per heavy atom. The molecular weight excluding hydrogens is 400 g/mol. The smallest absolute Gasteiger partial charge is 0.268 e. The fourth-order valence-electron chi connectivity index (χ4n) is 4.42. The number of fused-ring (bicyclic) bond motifs is 5. The molecule has 150 valence electrons. The maximum atomic E-state index is 13.7. The quantitative estimate of drug-likeness (QED) is 0.427. The fourth-order valence-corrected chi connectivity index (χ4v) is 6.37. The van der Waals surface area contributed by atoms with Crippen molar-refractivity contribution in [2.75, 3.05) is 6.26 Å². The number of aryl methyl sites for hydroxylation is 1. The fraction of sp³-hybridized carbons (Fsp3) is 0.409. The average Bonchev–Trinajstić information content (AvgIpc) is 3.29. The van der Waals surface area contributed by atoms with Crippen molar-refractivity contribution in [3.05, 3.63) is 51.1 Å². The first kappa shape index (κ1) is 18.9. The summed E-state index contributed by atoms with van der Waals surface area (Å²) >= 11 is 3.32. The highest BCUT2D eigenvalue weighted by atomic mass is 32.2. The second-order valence-electron chi connectivity index (χ2n) is 8.79. The molecule has 3 heterocycles. The molecule has 0 spiro atoms. The maximum Gasteiger partial charge on any atom is 0.268 e. The van der Waals surface area contributed by atoms with Crippen LogP contribution in [0.2, 0.25) is 0 Å². The highest BCUT2D eigenvalue weighted by molar-refractivity contribution is 7.98. The van der Waals surface area contributed by atoms with Gasteiger partial charge in [0.25, 0.3) is 5.56 Å². The SMILES string of the molecule is CSc1nnc2n(-c3ccccc3)c(=O)c3c4c(sc3n12)C[C@H](C(C)(C)C)CC4. The Morgan fingerprint density at radius 3 is 2.62 bits per heavy atom. The molecule has 0 saturated carbocycles. The molecule has 5 nitrogen and oxygen atoms in total. The topological polar surface area (TPSA) is 52.2 Å². The summed E-state index contributed by atoms with van der Waals surface area (Å²) in [6.07, 6.45) is 5.14. The van der Waals surface area contributed by atoms with Crippen molar-refractivity contribution in [1.82, 2.24) is 19.2 Å². The third-order valence-corrected chi connectivity index (χ3v) is 7.97. The van der Waals surface area contributed by atoms with Gasteiger partial charge in [-0.25, -0.2) is 8.97 Å². The van der Waals surface area contributed by atoms with E-state index in [1.165, 1.54) is 10.4 Å². The van der Waals surface area contributed by atoms with Gasteiger partial charge in [-0.15, -0.1) is 21.5 Å². The first-order valence-corrected chi connectivity index (χ1v) is 12.0. The van der Waals surface area contributed by atoms with Gasteiger partial charge in [-0.3, -0.25) is 4.79 Å². The molecule has 1 atom stereocenters. The zero-order valence-electron chi connectivity index (χ0n) is 17.1. The predicted molar refractivity (Wildman–Crippen MR) is 121 cm³/mol. The molecule has 0 unspecified atom stereocenters. The highest BCUT2D eigenvalue weighted by Crippen LogP contribution is 2.43. The van der Waals surface area contributed by atoms with Crippen molar-refractivity contribution in [2.24, 2.45) is 11.3 Å². The first-order chi connectivity index (χ1) is 13.9. The molecule has 7 heteroatoms. The lowest BCUT2D eigenvalue weighted by molar-refractivity contribution is 0.218. The Bertz CT molecular complexity index is 1280. The van der Waals surface area contributed by atoms with E-state index in [0.717, 1.165) is 40.3 Å². The number of rotatable bonds is 2. The standard InChI is InChI=1S/C22H24N4OS2/c1-22(2,3)13-10-11-15-16(12-13)29-19-17(15)18(27)25(14-8-6-5-7-9-14)20-23-24-21(28-4)26(19)20/h5-9,13H,10-12H2,1-4H3/t13-/m1/s1. The van der Waals surface area contributed by atoms with Crippen molar-refractivity contribution in [3.63, 3.8) is 0 Å². The summed E-state index contributed by atoms with van der Waals surface area (Å²) < 4.78 is 3.79. The minimum Gasteiger partial charge on any atom is -0.268 e. The van der Waals surface area contributed by atoms with Gasteiger partial charge in [0.15, 0.2) is 5.16 Å². The largest absolute Gasteiger partial charge is 0.268 e. The lowest BCUT2D eigenvalue weighted by Crippen LogP contribution is -2.27. The number of hydrogen-bond donors (Lipinski definition) is 0. The Balaban J connectivity index is 1.86. The van der Waals surface area contributed by atoms with Crippen LogP contribution in [0.1, 0.15) is 37.6 Å². The lowest BCUT2D eigenvalue weighted by atomic mass is 9.72. The van der Waals surface area contributed by atoms with E-state index in [-0.39, 0.29) is 11.0 Å². The zero-order chi connectivity index (χ0) is 20.3. The predicted octanol–water partition coefficient (Wildman–Crippen LogP) is 4.97. The third-order valence-electron chi connectivity index (χ3n) is 6.10. The molecule has 1 aromatic carbocycles. The van der Waals surface area contributed by atoms with E-state index >= 15 is 0 Å². The molecule has 4 aromatic rings. The number of aromatic nitrogens is 4. The van der Waals surface area contributed by atoms with Crippen molar-refractivity contribution in [3.8, 4) is 5.69 Å². The van der Waals surface area contributed by atoms with Gasteiger partial charge < -0.3 is 0 Å². The Hall–Kier alpha value is -2.12. The van der Waals surface area contributed by atoms with Gasteiger partial charge in [0.05, 0.1) is 11.1 Å². The molecule has 0 saturated heterocycles. The van der Waals surface area contributed by atoms with Crippen LogP contribution in [0.15, 0.2) is 40.3 Å². The van der Waals surface area contributed by atoms with E-state index in [0.29, 0.717) is 11.7 Å². The Labute approximate surface area is 177 Å². The summed E-state index contributed by atoms with van der Waals surface area (Å²) in [5, 5.41) is 10.4. The van der Waals surface area contributed by atoms with Crippen LogP contribution in [0.5, 0.6) is 0 Å². The van der Waals surface area contributed by atoms with E-state index in [4.69, 9.17) is 0 Å². The Morgan fingerprint density at radius 1 is 1.17 bits per heavy atom. The minimum absolute atomic E-state index is 0.0189. The van der Waals surface area contributed by atoms with Crippen LogP contribution in [-0.2, 0) is 12.8 Å². The summed E-state index contributed by atoms with van der Waals surface area (Å²) in [5.41, 5.74) is 2.36. The van der Waals surface area contributed by atoms with Gasteiger partial charge in [-0.2, -0.15) is 0 Å². The second kappa shape index (κ2) is 6.71. The van der Waals surface area contributed by atoms with Crippen molar-refractivity contribution in [2.45, 2.75) is 45.2 Å². The van der Waals surface area contributed by atoms with Crippen molar-refractivity contribution in [1.29, 1.82) is 0 Å². The van der Waals surface area contributed by atoms with Crippen LogP contribution in [-0.4, -0.2) is 25.4 Å². The number of para-hydroxylation sites is 1. The molecule has 1 aliphatic rings. The van der Waals surface area contributed by atoms with Crippen molar-refractivity contribution < 1.29 is 0 Å². The monoisotopic (exact) mass is 424 g/mol.